The molecule has 3 aliphatic rings. The zero-order valence-electron chi connectivity index (χ0n) is 16.5. The van der Waals surface area contributed by atoms with Crippen molar-refractivity contribution in [2.24, 2.45) is 0 Å². The second-order valence-electron chi connectivity index (χ2n) is 7.45. The van der Waals surface area contributed by atoms with Crippen molar-refractivity contribution in [3.05, 3.63) is 41.0 Å². The summed E-state index contributed by atoms with van der Waals surface area (Å²) in [4.78, 5) is 15.4. The Bertz CT molecular complexity index is 972. The van der Waals surface area contributed by atoms with Crippen LogP contribution in [0.5, 0.6) is 28.7 Å². The van der Waals surface area contributed by atoms with E-state index in [1.165, 1.54) is 0 Å². The van der Waals surface area contributed by atoms with Gasteiger partial charge in [0, 0.05) is 30.1 Å². The lowest BCUT2D eigenvalue weighted by molar-refractivity contribution is 0.0924. The van der Waals surface area contributed by atoms with Crippen LogP contribution in [0.2, 0.25) is 0 Å². The first-order chi connectivity index (χ1) is 14.2. The second kappa shape index (κ2) is 7.15. The van der Waals surface area contributed by atoms with Gasteiger partial charge in [0.15, 0.2) is 28.8 Å². The minimum absolute atomic E-state index is 0.0476. The van der Waals surface area contributed by atoms with E-state index in [9.17, 15) is 4.79 Å². The highest BCUT2D eigenvalue weighted by Crippen LogP contribution is 2.50. The molecular weight excluding hydrogens is 374 g/mol. The number of methoxy groups -OCH3 is 1. The van der Waals surface area contributed by atoms with E-state index in [2.05, 4.69) is 4.90 Å². The van der Waals surface area contributed by atoms with Crippen LogP contribution in [0.15, 0.2) is 24.3 Å². The summed E-state index contributed by atoms with van der Waals surface area (Å²) in [6.45, 7) is 2.06. The summed E-state index contributed by atoms with van der Waals surface area (Å²) in [5.74, 6) is 3.36. The molecule has 7 heteroatoms. The van der Waals surface area contributed by atoms with E-state index in [0.29, 0.717) is 53.9 Å². The fourth-order valence-electron chi connectivity index (χ4n) is 4.29. The number of likely N-dealkylation sites (N-methyl/N-ethyl adjacent to an activating group) is 1. The van der Waals surface area contributed by atoms with Crippen molar-refractivity contribution < 1.29 is 28.5 Å². The molecule has 0 aliphatic carbocycles. The first-order valence-corrected chi connectivity index (χ1v) is 9.78. The number of rotatable bonds is 4. The third-order valence-electron chi connectivity index (χ3n) is 5.79. The number of hydrogen-bond donors (Lipinski definition) is 0. The van der Waals surface area contributed by atoms with Crippen LogP contribution in [0.3, 0.4) is 0 Å². The molecule has 0 unspecified atom stereocenters. The lowest BCUT2D eigenvalue weighted by atomic mass is 9.87. The lowest BCUT2D eigenvalue weighted by Crippen LogP contribution is -2.34. The molecule has 1 atom stereocenters. The Labute approximate surface area is 169 Å². The summed E-state index contributed by atoms with van der Waals surface area (Å²) >= 11 is 0. The summed E-state index contributed by atoms with van der Waals surface area (Å²) in [7, 11) is 3.67. The Morgan fingerprint density at radius 3 is 2.76 bits per heavy atom. The van der Waals surface area contributed by atoms with Gasteiger partial charge in [-0.15, -0.1) is 0 Å². The van der Waals surface area contributed by atoms with Crippen molar-refractivity contribution in [1.29, 1.82) is 0 Å². The van der Waals surface area contributed by atoms with Crippen molar-refractivity contribution in [3.63, 3.8) is 0 Å². The van der Waals surface area contributed by atoms with Crippen molar-refractivity contribution in [1.82, 2.24) is 4.90 Å². The summed E-state index contributed by atoms with van der Waals surface area (Å²) in [6.07, 6.45) is 1.20. The molecule has 0 N–H and O–H groups in total. The number of nitrogens with zero attached hydrogens (tertiary/aromatic N) is 1. The number of fused-ring (bicyclic) bond motifs is 3. The Morgan fingerprint density at radius 2 is 1.93 bits per heavy atom. The molecule has 0 spiro atoms. The topological polar surface area (TPSA) is 66.5 Å². The maximum atomic E-state index is 13.2. The monoisotopic (exact) mass is 397 g/mol. The summed E-state index contributed by atoms with van der Waals surface area (Å²) < 4.78 is 28.1. The largest absolute Gasteiger partial charge is 0.492 e. The number of Topliss-reactive ketones (excluding diaryl/α,β-unsaturated/α-hetero) is 1. The SMILES string of the molecule is COc1c2c(cc3c1[C@H](CC(=O)c1ccc4c(c1)OCCO4)N(C)CC3)OCO2. The maximum Gasteiger partial charge on any atom is 0.231 e. The number of hydrogen-bond acceptors (Lipinski definition) is 7. The van der Waals surface area contributed by atoms with Crippen LogP contribution < -0.4 is 23.7 Å². The Morgan fingerprint density at radius 1 is 1.10 bits per heavy atom. The lowest BCUT2D eigenvalue weighted by Gasteiger charge is -2.35. The summed E-state index contributed by atoms with van der Waals surface area (Å²) in [5.41, 5.74) is 2.77. The third-order valence-corrected chi connectivity index (χ3v) is 5.79. The van der Waals surface area contributed by atoms with Gasteiger partial charge in [-0.1, -0.05) is 0 Å². The Kier molecular flexibility index (Phi) is 4.47. The first kappa shape index (κ1) is 18.1. The van der Waals surface area contributed by atoms with Crippen LogP contribution in [0, 0.1) is 0 Å². The molecule has 0 fully saturated rings. The molecule has 5 rings (SSSR count). The van der Waals surface area contributed by atoms with Crippen LogP contribution in [0.4, 0.5) is 0 Å². The maximum absolute atomic E-state index is 13.2. The number of ether oxygens (including phenoxy) is 5. The fraction of sp³-hybridized carbons (Fsp3) is 0.409. The Balaban J connectivity index is 1.48. The van der Waals surface area contributed by atoms with E-state index in [1.807, 2.05) is 13.1 Å². The van der Waals surface area contributed by atoms with Gasteiger partial charge in [0.2, 0.25) is 12.5 Å². The molecule has 2 aromatic rings. The Hall–Kier alpha value is -2.93. The normalized spacial score (nSPS) is 19.6. The summed E-state index contributed by atoms with van der Waals surface area (Å²) in [5, 5.41) is 0. The highest BCUT2D eigenvalue weighted by atomic mass is 16.7. The van der Waals surface area contributed by atoms with Gasteiger partial charge in [0.25, 0.3) is 0 Å². The van der Waals surface area contributed by atoms with Gasteiger partial charge in [0.1, 0.15) is 13.2 Å². The molecule has 0 radical (unpaired) electrons. The highest BCUT2D eigenvalue weighted by molar-refractivity contribution is 5.97. The standard InChI is InChI=1S/C22H23NO6/c1-23-6-5-14-10-19-21(29-12-28-19)22(25-2)20(14)15(23)11-16(24)13-3-4-17-18(9-13)27-8-7-26-17/h3-4,9-10,15H,5-8,11-12H2,1-2H3/t15-/m0/s1. The molecule has 0 amide bonds. The predicted molar refractivity (Wildman–Crippen MR) is 105 cm³/mol. The van der Waals surface area contributed by atoms with Crippen molar-refractivity contribution >= 4 is 5.78 Å². The number of carbonyl (C=O) groups excluding carboxylic acids is 1. The van der Waals surface area contributed by atoms with Gasteiger partial charge in [-0.05, 0) is 43.3 Å². The average Bonchev–Trinajstić information content (AvgIpc) is 3.22. The molecule has 2 aromatic carbocycles. The molecule has 0 bridgehead atoms. The van der Waals surface area contributed by atoms with E-state index in [0.717, 1.165) is 24.1 Å². The van der Waals surface area contributed by atoms with Gasteiger partial charge >= 0.3 is 0 Å². The van der Waals surface area contributed by atoms with Gasteiger partial charge < -0.3 is 23.7 Å². The van der Waals surface area contributed by atoms with Crippen molar-refractivity contribution in [3.8, 4) is 28.7 Å². The molecule has 3 aliphatic heterocycles. The van der Waals surface area contributed by atoms with Gasteiger partial charge in [-0.3, -0.25) is 9.69 Å². The smallest absolute Gasteiger partial charge is 0.231 e. The van der Waals surface area contributed by atoms with Gasteiger partial charge in [-0.25, -0.2) is 0 Å². The molecule has 3 heterocycles. The van der Waals surface area contributed by atoms with Crippen LogP contribution in [-0.4, -0.2) is 51.4 Å². The van der Waals surface area contributed by atoms with E-state index < -0.39 is 0 Å². The van der Waals surface area contributed by atoms with Crippen molar-refractivity contribution in [2.45, 2.75) is 18.9 Å². The van der Waals surface area contributed by atoms with Crippen LogP contribution in [0.25, 0.3) is 0 Å². The zero-order valence-corrected chi connectivity index (χ0v) is 16.5. The fourth-order valence-corrected chi connectivity index (χ4v) is 4.29. The minimum atomic E-state index is -0.107. The molecule has 152 valence electrons. The zero-order chi connectivity index (χ0) is 20.0. The molecule has 29 heavy (non-hydrogen) atoms. The molecule has 0 saturated heterocycles. The van der Waals surface area contributed by atoms with E-state index >= 15 is 0 Å². The molecule has 0 aromatic heterocycles. The molecule has 7 nitrogen and oxygen atoms in total. The van der Waals surface area contributed by atoms with E-state index in [-0.39, 0.29) is 18.6 Å². The predicted octanol–water partition coefficient (Wildman–Crippen LogP) is 3.00. The highest BCUT2D eigenvalue weighted by Gasteiger charge is 2.35. The van der Waals surface area contributed by atoms with Crippen LogP contribution in [-0.2, 0) is 6.42 Å². The minimum Gasteiger partial charge on any atom is -0.492 e. The van der Waals surface area contributed by atoms with Gasteiger partial charge in [-0.2, -0.15) is 0 Å². The van der Waals surface area contributed by atoms with Crippen LogP contribution in [0.1, 0.15) is 33.9 Å². The number of ketones is 1. The summed E-state index contributed by atoms with van der Waals surface area (Å²) in [6, 6.07) is 7.30. The van der Waals surface area contributed by atoms with Crippen LogP contribution >= 0.6 is 0 Å². The number of benzene rings is 2. The molecule has 0 saturated carbocycles. The first-order valence-electron chi connectivity index (χ1n) is 9.78. The average molecular weight is 397 g/mol. The van der Waals surface area contributed by atoms with Gasteiger partial charge in [0.05, 0.1) is 7.11 Å². The van der Waals surface area contributed by atoms with E-state index in [1.54, 1.807) is 25.3 Å². The second-order valence-corrected chi connectivity index (χ2v) is 7.45. The number of carbonyl (C=O) groups is 1. The molecular formula is C22H23NO6. The quantitative estimate of drug-likeness (QED) is 0.735. The van der Waals surface area contributed by atoms with Crippen molar-refractivity contribution in [2.75, 3.05) is 40.7 Å². The van der Waals surface area contributed by atoms with E-state index in [4.69, 9.17) is 23.7 Å². The third kappa shape index (κ3) is 3.06.